The number of thiocarbonyl (C=S) groups is 1. The first kappa shape index (κ1) is 22.8. The lowest BCUT2D eigenvalue weighted by atomic mass is 10.2. The molecule has 0 amide bonds. The van der Waals surface area contributed by atoms with Crippen LogP contribution in [0.25, 0.3) is 0 Å². The van der Waals surface area contributed by atoms with Crippen LogP contribution in [0.3, 0.4) is 0 Å². The standard InChI is InChI=1S/C22H26N2O3SSi/c1-22(2,3)29(17-10-6-4-7-11-17,18-12-8-5-9-13-18)27-15-14-24-20(28)19(16-23)21(25)26/h4-13,19H,14-15H2,1-3H3,(H,24,28)(H,25,26). The van der Waals surface area contributed by atoms with E-state index in [9.17, 15) is 4.79 Å². The smallest absolute Gasteiger partial charge is 0.327 e. The van der Waals surface area contributed by atoms with Crippen molar-refractivity contribution in [1.29, 1.82) is 5.26 Å². The van der Waals surface area contributed by atoms with Gasteiger partial charge in [-0.15, -0.1) is 0 Å². The first-order chi connectivity index (χ1) is 13.7. The largest absolute Gasteiger partial charge is 0.480 e. The number of carboxylic acids is 1. The minimum atomic E-state index is -2.64. The first-order valence-corrected chi connectivity index (χ1v) is 11.7. The zero-order chi connectivity index (χ0) is 21.5. The van der Waals surface area contributed by atoms with E-state index in [0.29, 0.717) is 13.2 Å². The van der Waals surface area contributed by atoms with Crippen molar-refractivity contribution in [2.75, 3.05) is 13.2 Å². The SMILES string of the molecule is CC(C)(C)[Si](OCCNC(=S)C(C#N)C(=O)O)(c1ccccc1)c1ccccc1. The lowest BCUT2D eigenvalue weighted by molar-refractivity contribution is -0.137. The van der Waals surface area contributed by atoms with Gasteiger partial charge in [-0.3, -0.25) is 4.79 Å². The number of rotatable bonds is 8. The van der Waals surface area contributed by atoms with Crippen molar-refractivity contribution < 1.29 is 14.3 Å². The molecule has 0 spiro atoms. The monoisotopic (exact) mass is 426 g/mol. The quantitative estimate of drug-likeness (QED) is 0.384. The van der Waals surface area contributed by atoms with Crippen LogP contribution in [0, 0.1) is 17.2 Å². The molecule has 0 saturated heterocycles. The highest BCUT2D eigenvalue weighted by atomic mass is 32.1. The Balaban J connectivity index is 2.29. The molecule has 5 nitrogen and oxygen atoms in total. The number of carboxylic acid groups (broad SMARTS) is 1. The minimum absolute atomic E-state index is 0.00560. The van der Waals surface area contributed by atoms with Gasteiger partial charge in [0.05, 0.1) is 12.7 Å². The summed E-state index contributed by atoms with van der Waals surface area (Å²) in [5.74, 6) is -2.60. The molecule has 2 N–H and O–H groups in total. The second-order valence-corrected chi connectivity index (χ2v) is 12.4. The predicted octanol–water partition coefficient (Wildman–Crippen LogP) is 2.70. The summed E-state index contributed by atoms with van der Waals surface area (Å²) >= 11 is 5.06. The Morgan fingerprint density at radius 3 is 2.00 bits per heavy atom. The fourth-order valence-electron chi connectivity index (χ4n) is 3.47. The fourth-order valence-corrected chi connectivity index (χ4v) is 8.29. The topological polar surface area (TPSA) is 82.3 Å². The summed E-state index contributed by atoms with van der Waals surface area (Å²) in [6.07, 6.45) is 0. The van der Waals surface area contributed by atoms with Gasteiger partial charge in [0.2, 0.25) is 0 Å². The minimum Gasteiger partial charge on any atom is -0.480 e. The van der Waals surface area contributed by atoms with Crippen LogP contribution in [0.5, 0.6) is 0 Å². The average Bonchev–Trinajstić information content (AvgIpc) is 2.69. The molecule has 0 aromatic heterocycles. The van der Waals surface area contributed by atoms with Crippen LogP contribution in [0.2, 0.25) is 5.04 Å². The van der Waals surface area contributed by atoms with Gasteiger partial charge in [-0.05, 0) is 15.4 Å². The zero-order valence-corrected chi connectivity index (χ0v) is 18.7. The Morgan fingerprint density at radius 2 is 1.62 bits per heavy atom. The number of aliphatic carboxylic acids is 1. The molecule has 2 aromatic rings. The predicted molar refractivity (Wildman–Crippen MR) is 121 cm³/mol. The molecule has 0 saturated carbocycles. The van der Waals surface area contributed by atoms with E-state index >= 15 is 0 Å². The van der Waals surface area contributed by atoms with Crippen LogP contribution < -0.4 is 15.7 Å². The van der Waals surface area contributed by atoms with Crippen LogP contribution in [-0.2, 0) is 9.22 Å². The molecule has 1 unspecified atom stereocenters. The highest BCUT2D eigenvalue weighted by molar-refractivity contribution is 7.80. The van der Waals surface area contributed by atoms with Gasteiger partial charge < -0.3 is 14.8 Å². The van der Waals surface area contributed by atoms with Gasteiger partial charge in [-0.2, -0.15) is 5.26 Å². The van der Waals surface area contributed by atoms with E-state index in [1.54, 1.807) is 6.07 Å². The maximum Gasteiger partial charge on any atom is 0.327 e. The third-order valence-corrected chi connectivity index (χ3v) is 10.2. The molecule has 0 aliphatic carbocycles. The summed E-state index contributed by atoms with van der Waals surface area (Å²) in [4.78, 5) is 11.1. The molecule has 152 valence electrons. The van der Waals surface area contributed by atoms with Crippen molar-refractivity contribution in [3.05, 3.63) is 60.7 Å². The average molecular weight is 427 g/mol. The van der Waals surface area contributed by atoms with E-state index in [1.165, 1.54) is 10.4 Å². The summed E-state index contributed by atoms with van der Waals surface area (Å²) in [5, 5.41) is 23.1. The molecule has 0 aliphatic heterocycles. The fraction of sp³-hybridized carbons (Fsp3) is 0.318. The van der Waals surface area contributed by atoms with Crippen molar-refractivity contribution in [3.8, 4) is 6.07 Å². The molecule has 0 radical (unpaired) electrons. The van der Waals surface area contributed by atoms with E-state index in [1.807, 2.05) is 36.4 Å². The molecule has 0 aliphatic rings. The van der Waals surface area contributed by atoms with Crippen LogP contribution in [-0.4, -0.2) is 37.5 Å². The molecule has 0 bridgehead atoms. The molecule has 2 aromatic carbocycles. The summed E-state index contributed by atoms with van der Waals surface area (Å²) in [7, 11) is -2.64. The first-order valence-electron chi connectivity index (χ1n) is 9.39. The second kappa shape index (κ2) is 9.79. The third kappa shape index (κ3) is 5.09. The summed E-state index contributed by atoms with van der Waals surface area (Å²) in [6.45, 7) is 7.23. The molecule has 2 rings (SSSR count). The zero-order valence-electron chi connectivity index (χ0n) is 16.9. The molecule has 0 heterocycles. The number of nitrogens with zero attached hydrogens (tertiary/aromatic N) is 1. The lowest BCUT2D eigenvalue weighted by Crippen LogP contribution is -2.67. The van der Waals surface area contributed by atoms with Crippen molar-refractivity contribution in [1.82, 2.24) is 5.32 Å². The van der Waals surface area contributed by atoms with Crippen molar-refractivity contribution in [3.63, 3.8) is 0 Å². The van der Waals surface area contributed by atoms with Crippen molar-refractivity contribution >= 4 is 41.9 Å². The lowest BCUT2D eigenvalue weighted by Gasteiger charge is -2.43. The molecule has 7 heteroatoms. The number of benzene rings is 2. The highest BCUT2D eigenvalue weighted by Gasteiger charge is 2.49. The maximum atomic E-state index is 11.1. The maximum absolute atomic E-state index is 11.1. The second-order valence-electron chi connectivity index (χ2n) is 7.70. The van der Waals surface area contributed by atoms with Crippen molar-refractivity contribution in [2.24, 2.45) is 5.92 Å². The van der Waals surface area contributed by atoms with Crippen LogP contribution in [0.4, 0.5) is 0 Å². The number of hydrogen-bond acceptors (Lipinski definition) is 4. The molecule has 0 fully saturated rings. The van der Waals surface area contributed by atoms with Crippen LogP contribution >= 0.6 is 12.2 Å². The molecular formula is C22H26N2O3SSi. The van der Waals surface area contributed by atoms with Gasteiger partial charge in [-0.1, -0.05) is 93.7 Å². The molecular weight excluding hydrogens is 400 g/mol. The number of nitrogens with one attached hydrogen (secondary N) is 1. The Bertz CT molecular complexity index is 837. The Kier molecular flexibility index (Phi) is 7.68. The van der Waals surface area contributed by atoms with Gasteiger partial charge in [0, 0.05) is 6.54 Å². The van der Waals surface area contributed by atoms with E-state index in [0.717, 1.165) is 0 Å². The van der Waals surface area contributed by atoms with Crippen molar-refractivity contribution in [2.45, 2.75) is 25.8 Å². The molecule has 29 heavy (non-hydrogen) atoms. The van der Waals surface area contributed by atoms with Crippen LogP contribution in [0.15, 0.2) is 60.7 Å². The van der Waals surface area contributed by atoms with E-state index in [4.69, 9.17) is 27.0 Å². The Morgan fingerprint density at radius 1 is 1.14 bits per heavy atom. The van der Waals surface area contributed by atoms with E-state index in [-0.39, 0.29) is 10.0 Å². The van der Waals surface area contributed by atoms with Crippen LogP contribution in [0.1, 0.15) is 20.8 Å². The summed E-state index contributed by atoms with van der Waals surface area (Å²) < 4.78 is 6.68. The third-order valence-electron chi connectivity index (χ3n) is 4.77. The van der Waals surface area contributed by atoms with E-state index < -0.39 is 20.2 Å². The summed E-state index contributed by atoms with van der Waals surface area (Å²) in [5.41, 5.74) is 0. The molecule has 1 atom stereocenters. The van der Waals surface area contributed by atoms with Gasteiger partial charge in [-0.25, -0.2) is 0 Å². The highest BCUT2D eigenvalue weighted by Crippen LogP contribution is 2.36. The summed E-state index contributed by atoms with van der Waals surface area (Å²) in [6, 6.07) is 22.2. The normalized spacial score (nSPS) is 12.6. The van der Waals surface area contributed by atoms with E-state index in [2.05, 4.69) is 50.4 Å². The Labute approximate surface area is 178 Å². The van der Waals surface area contributed by atoms with Gasteiger partial charge >= 0.3 is 5.97 Å². The Hall–Kier alpha value is -2.53. The van der Waals surface area contributed by atoms with Gasteiger partial charge in [0.15, 0.2) is 5.92 Å². The van der Waals surface area contributed by atoms with Gasteiger partial charge in [0.25, 0.3) is 8.32 Å². The number of carbonyl (C=O) groups is 1. The number of nitriles is 1. The van der Waals surface area contributed by atoms with Gasteiger partial charge in [0.1, 0.15) is 4.99 Å². The number of hydrogen-bond donors (Lipinski definition) is 2.